The zero-order chi connectivity index (χ0) is 14.9. The van der Waals surface area contributed by atoms with Gasteiger partial charge in [-0.3, -0.25) is 0 Å². The highest BCUT2D eigenvalue weighted by Gasteiger charge is 2.19. The molecule has 0 aromatic heterocycles. The molecule has 1 atom stereocenters. The highest BCUT2D eigenvalue weighted by molar-refractivity contribution is 5.14. The minimum atomic E-state index is 0.699. The Hall–Kier alpha value is -0.860. The molecule has 0 radical (unpaired) electrons. The first-order valence-electron chi connectivity index (χ1n) is 8.71. The fraction of sp³-hybridized carbons (Fsp3) is 0.684. The van der Waals surface area contributed by atoms with E-state index in [-0.39, 0.29) is 0 Å². The second-order valence-electron chi connectivity index (χ2n) is 6.72. The van der Waals surface area contributed by atoms with Crippen molar-refractivity contribution in [3.05, 3.63) is 35.9 Å². The van der Waals surface area contributed by atoms with Gasteiger partial charge in [0.2, 0.25) is 0 Å². The van der Waals surface area contributed by atoms with Crippen molar-refractivity contribution < 1.29 is 0 Å². The molecule has 0 saturated heterocycles. The van der Waals surface area contributed by atoms with Gasteiger partial charge in [-0.2, -0.15) is 0 Å². The van der Waals surface area contributed by atoms with Gasteiger partial charge in [-0.15, -0.1) is 0 Å². The van der Waals surface area contributed by atoms with Crippen LogP contribution in [0, 0.1) is 5.92 Å². The molecule has 0 spiro atoms. The van der Waals surface area contributed by atoms with Crippen molar-refractivity contribution in [2.45, 2.75) is 58.0 Å². The van der Waals surface area contributed by atoms with Gasteiger partial charge < -0.3 is 10.2 Å². The van der Waals surface area contributed by atoms with Gasteiger partial charge in [-0.05, 0) is 57.8 Å². The van der Waals surface area contributed by atoms with Crippen molar-refractivity contribution in [2.75, 3.05) is 20.1 Å². The Labute approximate surface area is 130 Å². The SMILES string of the molecule is CC(NCCCN(C)Cc1ccccc1)C1CCCCC1. The van der Waals surface area contributed by atoms with Crippen LogP contribution in [0.5, 0.6) is 0 Å². The summed E-state index contributed by atoms with van der Waals surface area (Å²) in [7, 11) is 2.22. The Kier molecular flexibility index (Phi) is 7.25. The van der Waals surface area contributed by atoms with E-state index in [1.54, 1.807) is 0 Å². The second kappa shape index (κ2) is 9.22. The summed E-state index contributed by atoms with van der Waals surface area (Å²) in [5.41, 5.74) is 1.41. The molecule has 1 unspecified atom stereocenters. The Balaban J connectivity index is 1.56. The van der Waals surface area contributed by atoms with Crippen molar-refractivity contribution in [3.8, 4) is 0 Å². The normalized spacial score (nSPS) is 18.0. The van der Waals surface area contributed by atoms with E-state index in [4.69, 9.17) is 0 Å². The Morgan fingerprint density at radius 2 is 1.86 bits per heavy atom. The quantitative estimate of drug-likeness (QED) is 0.726. The lowest BCUT2D eigenvalue weighted by molar-refractivity contribution is 0.271. The summed E-state index contributed by atoms with van der Waals surface area (Å²) in [6, 6.07) is 11.4. The first kappa shape index (κ1) is 16.5. The molecule has 21 heavy (non-hydrogen) atoms. The maximum Gasteiger partial charge on any atom is 0.0230 e. The van der Waals surface area contributed by atoms with E-state index in [2.05, 4.69) is 54.5 Å². The monoisotopic (exact) mass is 288 g/mol. The van der Waals surface area contributed by atoms with Crippen LogP contribution in [0.15, 0.2) is 30.3 Å². The minimum absolute atomic E-state index is 0.699. The topological polar surface area (TPSA) is 15.3 Å². The van der Waals surface area contributed by atoms with Crippen molar-refractivity contribution in [2.24, 2.45) is 5.92 Å². The number of hydrogen-bond donors (Lipinski definition) is 1. The number of nitrogens with one attached hydrogen (secondary N) is 1. The zero-order valence-corrected chi connectivity index (χ0v) is 13.9. The summed E-state index contributed by atoms with van der Waals surface area (Å²) in [6.45, 7) is 5.75. The first-order valence-corrected chi connectivity index (χ1v) is 8.71. The van der Waals surface area contributed by atoms with Crippen LogP contribution >= 0.6 is 0 Å². The molecule has 2 nitrogen and oxygen atoms in total. The van der Waals surface area contributed by atoms with E-state index in [9.17, 15) is 0 Å². The van der Waals surface area contributed by atoms with E-state index >= 15 is 0 Å². The van der Waals surface area contributed by atoms with Crippen molar-refractivity contribution >= 4 is 0 Å². The highest BCUT2D eigenvalue weighted by atomic mass is 15.1. The van der Waals surface area contributed by atoms with E-state index in [0.717, 1.165) is 19.0 Å². The van der Waals surface area contributed by atoms with Crippen LogP contribution in [0.4, 0.5) is 0 Å². The molecule has 0 bridgehead atoms. The Morgan fingerprint density at radius 1 is 1.14 bits per heavy atom. The summed E-state index contributed by atoms with van der Waals surface area (Å²) in [5, 5.41) is 3.74. The lowest BCUT2D eigenvalue weighted by Gasteiger charge is -2.28. The maximum atomic E-state index is 3.74. The van der Waals surface area contributed by atoms with E-state index < -0.39 is 0 Å². The van der Waals surface area contributed by atoms with Crippen molar-refractivity contribution in [1.29, 1.82) is 0 Å². The van der Waals surface area contributed by atoms with E-state index in [1.165, 1.54) is 50.6 Å². The molecule has 1 saturated carbocycles. The van der Waals surface area contributed by atoms with Crippen LogP contribution in [0.1, 0.15) is 51.0 Å². The molecule has 0 amide bonds. The minimum Gasteiger partial charge on any atom is -0.314 e. The fourth-order valence-corrected chi connectivity index (χ4v) is 3.45. The van der Waals surface area contributed by atoms with Crippen LogP contribution in [0.2, 0.25) is 0 Å². The Morgan fingerprint density at radius 3 is 2.57 bits per heavy atom. The van der Waals surface area contributed by atoms with Gasteiger partial charge in [0.05, 0.1) is 0 Å². The molecule has 1 aromatic carbocycles. The molecule has 1 aromatic rings. The lowest BCUT2D eigenvalue weighted by Crippen LogP contribution is -2.36. The summed E-state index contributed by atoms with van der Waals surface area (Å²) < 4.78 is 0. The predicted molar refractivity (Wildman–Crippen MR) is 91.4 cm³/mol. The fourth-order valence-electron chi connectivity index (χ4n) is 3.45. The van der Waals surface area contributed by atoms with Crippen molar-refractivity contribution in [3.63, 3.8) is 0 Å². The molecular weight excluding hydrogens is 256 g/mol. The van der Waals surface area contributed by atoms with Gasteiger partial charge in [0.25, 0.3) is 0 Å². The second-order valence-corrected chi connectivity index (χ2v) is 6.72. The van der Waals surface area contributed by atoms with E-state index in [0.29, 0.717) is 6.04 Å². The lowest BCUT2D eigenvalue weighted by atomic mass is 9.84. The molecule has 1 N–H and O–H groups in total. The van der Waals surface area contributed by atoms with Crippen LogP contribution in [0.3, 0.4) is 0 Å². The maximum absolute atomic E-state index is 3.74. The third-order valence-corrected chi connectivity index (χ3v) is 4.84. The van der Waals surface area contributed by atoms with Crippen molar-refractivity contribution in [1.82, 2.24) is 10.2 Å². The molecule has 1 aliphatic carbocycles. The first-order chi connectivity index (χ1) is 10.3. The van der Waals surface area contributed by atoms with Crippen LogP contribution < -0.4 is 5.32 Å². The molecule has 0 aliphatic heterocycles. The number of nitrogens with zero attached hydrogens (tertiary/aromatic N) is 1. The number of benzene rings is 1. The standard InChI is InChI=1S/C19H32N2/c1-17(19-12-7-4-8-13-19)20-14-9-15-21(2)16-18-10-5-3-6-11-18/h3,5-6,10-11,17,19-20H,4,7-9,12-16H2,1-2H3. The third-order valence-electron chi connectivity index (χ3n) is 4.84. The highest BCUT2D eigenvalue weighted by Crippen LogP contribution is 2.26. The third kappa shape index (κ3) is 6.19. The molecule has 118 valence electrons. The molecule has 2 heteroatoms. The summed E-state index contributed by atoms with van der Waals surface area (Å²) in [5.74, 6) is 0.917. The average Bonchev–Trinajstić information content (AvgIpc) is 2.53. The Bertz CT molecular complexity index is 370. The van der Waals surface area contributed by atoms with Crippen LogP contribution in [0.25, 0.3) is 0 Å². The van der Waals surface area contributed by atoms with Gasteiger partial charge in [0.15, 0.2) is 0 Å². The van der Waals surface area contributed by atoms with Gasteiger partial charge in [-0.25, -0.2) is 0 Å². The largest absolute Gasteiger partial charge is 0.314 e. The number of hydrogen-bond acceptors (Lipinski definition) is 2. The van der Waals surface area contributed by atoms with Gasteiger partial charge >= 0.3 is 0 Å². The molecular formula is C19H32N2. The van der Waals surface area contributed by atoms with Gasteiger partial charge in [0.1, 0.15) is 0 Å². The summed E-state index contributed by atoms with van der Waals surface area (Å²) >= 11 is 0. The zero-order valence-electron chi connectivity index (χ0n) is 13.9. The molecule has 1 aliphatic rings. The molecule has 0 heterocycles. The molecule has 1 fully saturated rings. The van der Waals surface area contributed by atoms with Crippen LogP contribution in [-0.4, -0.2) is 31.1 Å². The summed E-state index contributed by atoms with van der Waals surface area (Å²) in [6.07, 6.45) is 8.44. The molecule has 2 rings (SSSR count). The van der Waals surface area contributed by atoms with Crippen LogP contribution in [-0.2, 0) is 6.54 Å². The summed E-state index contributed by atoms with van der Waals surface area (Å²) in [4.78, 5) is 2.42. The smallest absolute Gasteiger partial charge is 0.0230 e. The predicted octanol–water partition coefficient (Wildman–Crippen LogP) is 4.07. The van der Waals surface area contributed by atoms with Gasteiger partial charge in [0, 0.05) is 12.6 Å². The van der Waals surface area contributed by atoms with Gasteiger partial charge in [-0.1, -0.05) is 49.6 Å². The van der Waals surface area contributed by atoms with E-state index in [1.807, 2.05) is 0 Å². The average molecular weight is 288 g/mol. The number of rotatable bonds is 8.